The molecule has 0 amide bonds. The van der Waals surface area contributed by atoms with Gasteiger partial charge in [0.15, 0.2) is 0 Å². The highest BCUT2D eigenvalue weighted by Gasteiger charge is 2.01. The summed E-state index contributed by atoms with van der Waals surface area (Å²) in [6.45, 7) is 1.53. The van der Waals surface area contributed by atoms with E-state index in [1.807, 2.05) is 0 Å². The monoisotopic (exact) mass is 196 g/mol. The van der Waals surface area contributed by atoms with E-state index in [1.165, 1.54) is 6.92 Å². The molecule has 0 heterocycles. The van der Waals surface area contributed by atoms with E-state index in [0.29, 0.717) is 12.0 Å². The molecule has 13 heavy (non-hydrogen) atoms. The first-order chi connectivity index (χ1) is 6.09. The van der Waals surface area contributed by atoms with Crippen LogP contribution in [0.1, 0.15) is 22.8 Å². The van der Waals surface area contributed by atoms with E-state index in [9.17, 15) is 9.59 Å². The Kier molecular flexibility index (Phi) is 3.20. The summed E-state index contributed by atoms with van der Waals surface area (Å²) in [7, 11) is 0. The molecule has 0 unspecified atom stereocenters. The van der Waals surface area contributed by atoms with Crippen molar-refractivity contribution in [1.29, 1.82) is 0 Å². The normalized spacial score (nSPS) is 9.69. The number of Topliss-reactive ketones (excluding diaryl/α,β-unsaturated/α-hetero) is 1. The molecule has 2 nitrogen and oxygen atoms in total. The van der Waals surface area contributed by atoms with Crippen LogP contribution < -0.4 is 0 Å². The lowest BCUT2D eigenvalue weighted by molar-refractivity contribution is -0.116. The molecule has 0 N–H and O–H groups in total. The highest BCUT2D eigenvalue weighted by Crippen LogP contribution is 2.07. The maximum absolute atomic E-state index is 10.7. The fraction of sp³-hybridized carbons (Fsp3) is 0.200. The van der Waals surface area contributed by atoms with Crippen LogP contribution in [-0.2, 0) is 11.2 Å². The zero-order chi connectivity index (χ0) is 9.84. The largest absolute Gasteiger partial charge is 0.300 e. The number of carbonyl (C=O) groups is 2. The number of ketones is 1. The summed E-state index contributed by atoms with van der Waals surface area (Å²) in [5.41, 5.74) is 1.35. The van der Waals surface area contributed by atoms with Crippen molar-refractivity contribution in [2.75, 3.05) is 0 Å². The fourth-order valence-corrected chi connectivity index (χ4v) is 1.17. The number of hydrogen-bond donors (Lipinski definition) is 0. The smallest absolute Gasteiger partial charge is 0.252 e. The summed E-state index contributed by atoms with van der Waals surface area (Å²) < 4.78 is 0. The second kappa shape index (κ2) is 4.19. The Morgan fingerprint density at radius 1 is 1.23 bits per heavy atom. The standard InChI is InChI=1S/C10H9ClO2/c1-7(12)6-8-2-4-9(5-3-8)10(11)13/h2-5H,6H2,1H3. The van der Waals surface area contributed by atoms with Crippen molar-refractivity contribution >= 4 is 22.6 Å². The van der Waals surface area contributed by atoms with Gasteiger partial charge in [-0.15, -0.1) is 0 Å². The molecule has 0 spiro atoms. The fourth-order valence-electron chi connectivity index (χ4n) is 1.04. The van der Waals surface area contributed by atoms with Crippen LogP contribution in [0.15, 0.2) is 24.3 Å². The van der Waals surface area contributed by atoms with Crippen molar-refractivity contribution in [2.24, 2.45) is 0 Å². The first-order valence-corrected chi connectivity index (χ1v) is 4.25. The lowest BCUT2D eigenvalue weighted by Gasteiger charge is -1.97. The van der Waals surface area contributed by atoms with E-state index in [2.05, 4.69) is 0 Å². The van der Waals surface area contributed by atoms with Gasteiger partial charge in [0, 0.05) is 12.0 Å². The maximum atomic E-state index is 10.7. The molecule has 0 aliphatic carbocycles. The van der Waals surface area contributed by atoms with Crippen molar-refractivity contribution in [3.8, 4) is 0 Å². The first kappa shape index (κ1) is 9.93. The molecule has 0 fully saturated rings. The Bertz CT molecular complexity index is 327. The Labute approximate surface area is 81.5 Å². The predicted octanol–water partition coefficient (Wildman–Crippen LogP) is 2.20. The average molecular weight is 197 g/mol. The Hall–Kier alpha value is -1.15. The molecule has 0 saturated heterocycles. The van der Waals surface area contributed by atoms with Crippen molar-refractivity contribution in [2.45, 2.75) is 13.3 Å². The molecule has 0 atom stereocenters. The Morgan fingerprint density at radius 2 is 1.77 bits per heavy atom. The molecule has 1 rings (SSSR count). The van der Waals surface area contributed by atoms with Crippen molar-refractivity contribution < 1.29 is 9.59 Å². The van der Waals surface area contributed by atoms with Crippen molar-refractivity contribution in [1.82, 2.24) is 0 Å². The second-order valence-electron chi connectivity index (χ2n) is 2.85. The van der Waals surface area contributed by atoms with Gasteiger partial charge >= 0.3 is 0 Å². The third-order valence-corrected chi connectivity index (χ3v) is 1.85. The Morgan fingerprint density at radius 3 is 2.15 bits per heavy atom. The SMILES string of the molecule is CC(=O)Cc1ccc(C(=O)Cl)cc1. The van der Waals surface area contributed by atoms with Gasteiger partial charge in [0.05, 0.1) is 0 Å². The summed E-state index contributed by atoms with van der Waals surface area (Å²) in [6.07, 6.45) is 0.400. The number of halogens is 1. The third kappa shape index (κ3) is 2.99. The molecule has 3 heteroatoms. The third-order valence-electron chi connectivity index (χ3n) is 1.63. The summed E-state index contributed by atoms with van der Waals surface area (Å²) >= 11 is 5.26. The van der Waals surface area contributed by atoms with Gasteiger partial charge in [0.1, 0.15) is 5.78 Å². The van der Waals surface area contributed by atoms with Gasteiger partial charge in [-0.05, 0) is 36.2 Å². The van der Waals surface area contributed by atoms with E-state index in [1.54, 1.807) is 24.3 Å². The molecule has 0 aliphatic rings. The quantitative estimate of drug-likeness (QED) is 0.695. The number of hydrogen-bond acceptors (Lipinski definition) is 2. The maximum Gasteiger partial charge on any atom is 0.252 e. The van der Waals surface area contributed by atoms with Crippen LogP contribution in [0.2, 0.25) is 0 Å². The molecular formula is C10H9ClO2. The molecule has 1 aromatic rings. The van der Waals surface area contributed by atoms with Crippen LogP contribution in [0, 0.1) is 0 Å². The second-order valence-corrected chi connectivity index (χ2v) is 3.19. The van der Waals surface area contributed by atoms with E-state index in [0.717, 1.165) is 5.56 Å². The predicted molar refractivity (Wildman–Crippen MR) is 51.0 cm³/mol. The van der Waals surface area contributed by atoms with E-state index >= 15 is 0 Å². The zero-order valence-corrected chi connectivity index (χ0v) is 7.97. The highest BCUT2D eigenvalue weighted by atomic mass is 35.5. The number of carbonyl (C=O) groups excluding carboxylic acids is 2. The summed E-state index contributed by atoms with van der Waals surface area (Å²) in [6, 6.07) is 6.70. The minimum absolute atomic E-state index is 0.102. The summed E-state index contributed by atoms with van der Waals surface area (Å²) in [5, 5.41) is -0.477. The first-order valence-electron chi connectivity index (χ1n) is 3.88. The molecular weight excluding hydrogens is 188 g/mol. The van der Waals surface area contributed by atoms with Crippen LogP contribution in [-0.4, -0.2) is 11.0 Å². The van der Waals surface area contributed by atoms with Gasteiger partial charge in [-0.1, -0.05) is 12.1 Å². The van der Waals surface area contributed by atoms with Crippen LogP contribution >= 0.6 is 11.6 Å². The lowest BCUT2D eigenvalue weighted by atomic mass is 10.1. The minimum atomic E-state index is -0.477. The topological polar surface area (TPSA) is 34.1 Å². The lowest BCUT2D eigenvalue weighted by Crippen LogP contribution is -1.96. The minimum Gasteiger partial charge on any atom is -0.300 e. The van der Waals surface area contributed by atoms with Crippen LogP contribution in [0.5, 0.6) is 0 Å². The van der Waals surface area contributed by atoms with Gasteiger partial charge in [0.2, 0.25) is 0 Å². The van der Waals surface area contributed by atoms with Gasteiger partial charge < -0.3 is 0 Å². The van der Waals surface area contributed by atoms with Crippen LogP contribution in [0.4, 0.5) is 0 Å². The molecule has 0 saturated carbocycles. The summed E-state index contributed by atoms with van der Waals surface area (Å²) in [4.78, 5) is 21.4. The number of rotatable bonds is 3. The van der Waals surface area contributed by atoms with Crippen LogP contribution in [0.3, 0.4) is 0 Å². The molecule has 0 radical (unpaired) electrons. The molecule has 0 aromatic heterocycles. The van der Waals surface area contributed by atoms with Crippen molar-refractivity contribution in [3.05, 3.63) is 35.4 Å². The van der Waals surface area contributed by atoms with Crippen molar-refractivity contribution in [3.63, 3.8) is 0 Å². The van der Waals surface area contributed by atoms with E-state index in [4.69, 9.17) is 11.6 Å². The van der Waals surface area contributed by atoms with E-state index < -0.39 is 5.24 Å². The average Bonchev–Trinajstić information content (AvgIpc) is 2.04. The molecule has 68 valence electrons. The molecule has 0 aliphatic heterocycles. The highest BCUT2D eigenvalue weighted by molar-refractivity contribution is 6.67. The van der Waals surface area contributed by atoms with Gasteiger partial charge in [-0.2, -0.15) is 0 Å². The van der Waals surface area contributed by atoms with Gasteiger partial charge in [-0.3, -0.25) is 9.59 Å². The Balaban J connectivity index is 2.81. The van der Waals surface area contributed by atoms with Gasteiger partial charge in [0.25, 0.3) is 5.24 Å². The zero-order valence-electron chi connectivity index (χ0n) is 7.21. The number of benzene rings is 1. The van der Waals surface area contributed by atoms with Crippen LogP contribution in [0.25, 0.3) is 0 Å². The summed E-state index contributed by atoms with van der Waals surface area (Å²) in [5.74, 6) is 0.102. The molecule has 0 bridgehead atoms. The molecule has 1 aromatic carbocycles. The van der Waals surface area contributed by atoms with Gasteiger partial charge in [-0.25, -0.2) is 0 Å². The van der Waals surface area contributed by atoms with E-state index in [-0.39, 0.29) is 5.78 Å².